The lowest BCUT2D eigenvalue weighted by molar-refractivity contribution is -0.138. The molecule has 0 spiro atoms. The first-order chi connectivity index (χ1) is 16.0. The lowest BCUT2D eigenvalue weighted by Gasteiger charge is -2.31. The maximum absolute atomic E-state index is 14.2. The molecule has 3 aromatic rings. The van der Waals surface area contributed by atoms with E-state index < -0.39 is 39.1 Å². The first-order valence-electron chi connectivity index (χ1n) is 10.1. The quantitative estimate of drug-likeness (QED) is 0.443. The van der Waals surface area contributed by atoms with E-state index in [9.17, 15) is 30.8 Å². The maximum atomic E-state index is 14.2. The summed E-state index contributed by atoms with van der Waals surface area (Å²) in [5, 5.41) is 2.63. The Labute approximate surface area is 198 Å². The summed E-state index contributed by atoms with van der Waals surface area (Å²) in [6.45, 7) is 0.168. The van der Waals surface area contributed by atoms with Crippen LogP contribution in [0, 0.1) is 5.82 Å². The molecule has 0 atom stereocenters. The standard InChI is InChI=1S/C23H17ClF4N2O3S/c24-15-7-10-17(11-8-15)34(32,33)30-12-2-3-14-6-9-16(13-20(14)30)29-22(31)21-18(23(26,27)28)4-1-5-19(21)25/h1,4-11,13H,2-3,12H2,(H,29,31). The van der Waals surface area contributed by atoms with Crippen LogP contribution in [0.1, 0.15) is 27.9 Å². The van der Waals surface area contributed by atoms with E-state index in [2.05, 4.69) is 5.32 Å². The highest BCUT2D eigenvalue weighted by Gasteiger charge is 2.37. The molecular weight excluding hydrogens is 496 g/mol. The average molecular weight is 513 g/mol. The molecule has 1 heterocycles. The van der Waals surface area contributed by atoms with E-state index in [1.807, 2.05) is 0 Å². The molecule has 1 aliphatic heterocycles. The van der Waals surface area contributed by atoms with Crippen molar-refractivity contribution in [1.29, 1.82) is 0 Å². The van der Waals surface area contributed by atoms with Gasteiger partial charge in [-0.1, -0.05) is 23.7 Å². The summed E-state index contributed by atoms with van der Waals surface area (Å²) in [6.07, 6.45) is -3.81. The highest BCUT2D eigenvalue weighted by molar-refractivity contribution is 7.92. The molecule has 1 amide bonds. The summed E-state index contributed by atoms with van der Waals surface area (Å²) in [4.78, 5) is 12.6. The van der Waals surface area contributed by atoms with E-state index in [1.54, 1.807) is 6.07 Å². The van der Waals surface area contributed by atoms with Crippen molar-refractivity contribution in [1.82, 2.24) is 0 Å². The van der Waals surface area contributed by atoms with Gasteiger partial charge in [-0.25, -0.2) is 12.8 Å². The fourth-order valence-corrected chi connectivity index (χ4v) is 5.45. The van der Waals surface area contributed by atoms with E-state index in [0.717, 1.165) is 12.1 Å². The largest absolute Gasteiger partial charge is 0.417 e. The third-order valence-corrected chi connectivity index (χ3v) is 7.45. The predicted molar refractivity (Wildman–Crippen MR) is 120 cm³/mol. The summed E-state index contributed by atoms with van der Waals surface area (Å²) in [6, 6.07) is 12.3. The van der Waals surface area contributed by atoms with Gasteiger partial charge in [-0.05, 0) is 66.9 Å². The van der Waals surface area contributed by atoms with E-state index in [4.69, 9.17) is 11.6 Å². The Morgan fingerprint density at radius 1 is 1.03 bits per heavy atom. The molecule has 0 saturated carbocycles. The Morgan fingerprint density at radius 2 is 1.74 bits per heavy atom. The van der Waals surface area contributed by atoms with Crippen LogP contribution in [0.25, 0.3) is 0 Å². The van der Waals surface area contributed by atoms with Crippen molar-refractivity contribution in [3.63, 3.8) is 0 Å². The van der Waals surface area contributed by atoms with E-state index in [1.165, 1.54) is 40.7 Å². The Morgan fingerprint density at radius 3 is 2.41 bits per heavy atom. The van der Waals surface area contributed by atoms with E-state index in [-0.39, 0.29) is 22.8 Å². The van der Waals surface area contributed by atoms with Crippen molar-refractivity contribution in [2.24, 2.45) is 0 Å². The van der Waals surface area contributed by atoms with Crippen molar-refractivity contribution in [2.45, 2.75) is 23.9 Å². The van der Waals surface area contributed by atoms with Gasteiger partial charge < -0.3 is 5.32 Å². The number of carbonyl (C=O) groups is 1. The third kappa shape index (κ3) is 4.60. The first-order valence-corrected chi connectivity index (χ1v) is 11.9. The van der Waals surface area contributed by atoms with Crippen molar-refractivity contribution in [3.05, 3.63) is 88.2 Å². The molecule has 4 rings (SSSR count). The van der Waals surface area contributed by atoms with Crippen molar-refractivity contribution in [2.75, 3.05) is 16.2 Å². The summed E-state index contributed by atoms with van der Waals surface area (Å²) in [5.41, 5.74) is -1.56. The Balaban J connectivity index is 1.69. The molecule has 0 bridgehead atoms. The zero-order chi connectivity index (χ0) is 24.7. The number of benzene rings is 3. The number of rotatable bonds is 4. The van der Waals surface area contributed by atoms with Gasteiger partial charge in [0.15, 0.2) is 0 Å². The van der Waals surface area contributed by atoms with Gasteiger partial charge in [0.1, 0.15) is 5.82 Å². The summed E-state index contributed by atoms with van der Waals surface area (Å²) >= 11 is 5.85. The second kappa shape index (κ2) is 8.92. The van der Waals surface area contributed by atoms with Crippen molar-refractivity contribution in [3.8, 4) is 0 Å². The number of nitrogens with one attached hydrogen (secondary N) is 1. The van der Waals surface area contributed by atoms with Gasteiger partial charge in [-0.2, -0.15) is 13.2 Å². The number of halogens is 5. The number of amides is 1. The zero-order valence-corrected chi connectivity index (χ0v) is 18.9. The second-order valence-electron chi connectivity index (χ2n) is 7.59. The van der Waals surface area contributed by atoms with Crippen LogP contribution in [-0.2, 0) is 22.6 Å². The van der Waals surface area contributed by atoms with Gasteiger partial charge in [0, 0.05) is 17.3 Å². The molecule has 5 nitrogen and oxygen atoms in total. The number of fused-ring (bicyclic) bond motifs is 1. The van der Waals surface area contributed by atoms with Gasteiger partial charge in [-0.15, -0.1) is 0 Å². The molecule has 0 aromatic heterocycles. The van der Waals surface area contributed by atoms with Gasteiger partial charge in [0.25, 0.3) is 15.9 Å². The van der Waals surface area contributed by atoms with Gasteiger partial charge >= 0.3 is 6.18 Å². The molecule has 1 N–H and O–H groups in total. The number of hydrogen-bond donors (Lipinski definition) is 1. The minimum atomic E-state index is -4.94. The molecule has 34 heavy (non-hydrogen) atoms. The number of nitrogens with zero attached hydrogens (tertiary/aromatic N) is 1. The molecule has 0 fully saturated rings. The number of carbonyl (C=O) groups excluding carboxylic acids is 1. The monoisotopic (exact) mass is 512 g/mol. The SMILES string of the molecule is O=C(Nc1ccc2c(c1)N(S(=O)(=O)c1ccc(Cl)cc1)CCC2)c1c(F)cccc1C(F)(F)F. The van der Waals surface area contributed by atoms with Crippen LogP contribution >= 0.6 is 11.6 Å². The molecular formula is C23H17ClF4N2O3S. The minimum Gasteiger partial charge on any atom is -0.322 e. The number of sulfonamides is 1. The zero-order valence-electron chi connectivity index (χ0n) is 17.4. The Kier molecular flexibility index (Phi) is 6.30. The van der Waals surface area contributed by atoms with E-state index >= 15 is 0 Å². The number of alkyl halides is 3. The van der Waals surface area contributed by atoms with Gasteiger partial charge in [-0.3, -0.25) is 9.10 Å². The minimum absolute atomic E-state index is 0.0142. The lowest BCUT2D eigenvalue weighted by Crippen LogP contribution is -2.35. The number of anilines is 2. The van der Waals surface area contributed by atoms with Crippen LogP contribution in [0.2, 0.25) is 5.02 Å². The molecule has 178 valence electrons. The fraction of sp³-hybridized carbons (Fsp3) is 0.174. The highest BCUT2D eigenvalue weighted by Crippen LogP contribution is 2.36. The lowest BCUT2D eigenvalue weighted by atomic mass is 10.0. The van der Waals surface area contributed by atoms with Crippen LogP contribution in [0.15, 0.2) is 65.6 Å². The summed E-state index contributed by atoms with van der Waals surface area (Å²) in [7, 11) is -3.97. The molecule has 0 aliphatic carbocycles. The molecule has 0 radical (unpaired) electrons. The first kappa shape index (κ1) is 24.0. The highest BCUT2D eigenvalue weighted by atomic mass is 35.5. The van der Waals surface area contributed by atoms with Gasteiger partial charge in [0.05, 0.1) is 21.7 Å². The van der Waals surface area contributed by atoms with Crippen LogP contribution in [0.3, 0.4) is 0 Å². The fourth-order valence-electron chi connectivity index (χ4n) is 3.79. The molecule has 11 heteroatoms. The average Bonchev–Trinajstić information content (AvgIpc) is 2.78. The van der Waals surface area contributed by atoms with Crippen LogP contribution in [-0.4, -0.2) is 20.9 Å². The van der Waals surface area contributed by atoms with Crippen LogP contribution in [0.5, 0.6) is 0 Å². The van der Waals surface area contributed by atoms with E-state index in [0.29, 0.717) is 29.5 Å². The smallest absolute Gasteiger partial charge is 0.322 e. The molecule has 0 unspecified atom stereocenters. The molecule has 0 saturated heterocycles. The normalized spacial score (nSPS) is 14.0. The Bertz CT molecular complexity index is 1360. The van der Waals surface area contributed by atoms with Crippen LogP contribution in [0.4, 0.5) is 28.9 Å². The van der Waals surface area contributed by atoms with Crippen molar-refractivity contribution < 1.29 is 30.8 Å². The maximum Gasteiger partial charge on any atom is 0.417 e. The summed E-state index contributed by atoms with van der Waals surface area (Å²) in [5.74, 6) is -2.62. The second-order valence-corrected chi connectivity index (χ2v) is 9.89. The van der Waals surface area contributed by atoms with Gasteiger partial charge in [0.2, 0.25) is 0 Å². The number of aryl methyl sites for hydroxylation is 1. The number of hydrogen-bond acceptors (Lipinski definition) is 3. The third-order valence-electron chi connectivity index (χ3n) is 5.37. The van der Waals surface area contributed by atoms with Crippen LogP contribution < -0.4 is 9.62 Å². The van der Waals surface area contributed by atoms with Crippen molar-refractivity contribution >= 4 is 38.9 Å². The Hall–Kier alpha value is -3.11. The molecule has 3 aromatic carbocycles. The topological polar surface area (TPSA) is 66.5 Å². The molecule has 1 aliphatic rings. The summed E-state index contributed by atoms with van der Waals surface area (Å²) < 4.78 is 81.7. The predicted octanol–water partition coefficient (Wildman–Crippen LogP) is 5.89.